The Hall–Kier alpha value is -2.04. The van der Waals surface area contributed by atoms with Gasteiger partial charge in [0.1, 0.15) is 11.4 Å². The van der Waals surface area contributed by atoms with E-state index in [-0.39, 0.29) is 0 Å². The summed E-state index contributed by atoms with van der Waals surface area (Å²) in [4.78, 5) is 17.6. The molecular weight excluding hydrogens is 220 g/mol. The summed E-state index contributed by atoms with van der Waals surface area (Å²) in [6.07, 6.45) is 1.60. The summed E-state index contributed by atoms with van der Waals surface area (Å²) in [5.74, 6) is 0.0980. The van der Waals surface area contributed by atoms with Crippen LogP contribution >= 0.6 is 0 Å². The van der Waals surface area contributed by atoms with Crippen LogP contribution in [0.5, 0.6) is 5.75 Å². The van der Waals surface area contributed by atoms with Gasteiger partial charge in [-0.15, -0.1) is 0 Å². The Balaban J connectivity index is 3.25. The van der Waals surface area contributed by atoms with Crippen LogP contribution in [0.4, 0.5) is 5.69 Å². The molecule has 0 fully saturated rings. The van der Waals surface area contributed by atoms with Crippen molar-refractivity contribution >= 4 is 18.0 Å². The standard InChI is InChI=1S/C12H16N2O3/c1-14(2)8-13-11-9(12(15)17-4)6-5-7-10(11)16-3/h5-8H,1-4H3. The summed E-state index contributed by atoms with van der Waals surface area (Å²) in [7, 11) is 6.56. The lowest BCUT2D eigenvalue weighted by Gasteiger charge is -2.09. The van der Waals surface area contributed by atoms with E-state index >= 15 is 0 Å². The highest BCUT2D eigenvalue weighted by atomic mass is 16.5. The van der Waals surface area contributed by atoms with Crippen LogP contribution in [0.3, 0.4) is 0 Å². The molecule has 0 amide bonds. The van der Waals surface area contributed by atoms with E-state index in [4.69, 9.17) is 9.47 Å². The molecule has 0 radical (unpaired) electrons. The van der Waals surface area contributed by atoms with Crippen molar-refractivity contribution in [2.45, 2.75) is 0 Å². The predicted molar refractivity (Wildman–Crippen MR) is 66.2 cm³/mol. The Bertz CT molecular complexity index is 428. The van der Waals surface area contributed by atoms with Crippen LogP contribution in [-0.2, 0) is 4.74 Å². The molecule has 0 saturated carbocycles. The highest BCUT2D eigenvalue weighted by molar-refractivity contribution is 5.97. The minimum atomic E-state index is -0.435. The summed E-state index contributed by atoms with van der Waals surface area (Å²) in [6.45, 7) is 0. The van der Waals surface area contributed by atoms with E-state index in [0.717, 1.165) is 0 Å². The summed E-state index contributed by atoms with van der Waals surface area (Å²) in [5.41, 5.74) is 0.848. The number of nitrogens with zero attached hydrogens (tertiary/aromatic N) is 2. The first-order valence-corrected chi connectivity index (χ1v) is 5.06. The van der Waals surface area contributed by atoms with Gasteiger partial charge < -0.3 is 14.4 Å². The topological polar surface area (TPSA) is 51.1 Å². The van der Waals surface area contributed by atoms with E-state index < -0.39 is 5.97 Å². The monoisotopic (exact) mass is 236 g/mol. The number of para-hydroxylation sites is 1. The Kier molecular flexibility index (Phi) is 4.51. The third-order valence-corrected chi connectivity index (χ3v) is 2.04. The maximum absolute atomic E-state index is 11.6. The molecule has 0 aliphatic carbocycles. The van der Waals surface area contributed by atoms with Crippen LogP contribution < -0.4 is 4.74 Å². The maximum Gasteiger partial charge on any atom is 0.340 e. The number of hydrogen-bond donors (Lipinski definition) is 0. The molecule has 0 unspecified atom stereocenters. The third-order valence-electron chi connectivity index (χ3n) is 2.04. The van der Waals surface area contributed by atoms with Crippen molar-refractivity contribution in [2.75, 3.05) is 28.3 Å². The number of rotatable bonds is 4. The van der Waals surface area contributed by atoms with Crippen LogP contribution in [0, 0.1) is 0 Å². The number of methoxy groups -OCH3 is 2. The van der Waals surface area contributed by atoms with Crippen LogP contribution in [0.1, 0.15) is 10.4 Å². The van der Waals surface area contributed by atoms with E-state index in [1.807, 2.05) is 14.1 Å². The second kappa shape index (κ2) is 5.89. The average Bonchev–Trinajstić information content (AvgIpc) is 2.34. The number of benzene rings is 1. The lowest BCUT2D eigenvalue weighted by molar-refractivity contribution is 0.0601. The van der Waals surface area contributed by atoms with Crippen molar-refractivity contribution in [3.05, 3.63) is 23.8 Å². The summed E-state index contributed by atoms with van der Waals surface area (Å²) in [5, 5.41) is 0. The summed E-state index contributed by atoms with van der Waals surface area (Å²) < 4.78 is 9.87. The van der Waals surface area contributed by atoms with Gasteiger partial charge in [0.2, 0.25) is 0 Å². The van der Waals surface area contributed by atoms with Crippen LogP contribution in [0.25, 0.3) is 0 Å². The highest BCUT2D eigenvalue weighted by Gasteiger charge is 2.14. The average molecular weight is 236 g/mol. The molecule has 0 aliphatic rings. The van der Waals surface area contributed by atoms with Crippen LogP contribution in [0.15, 0.2) is 23.2 Å². The van der Waals surface area contributed by atoms with Gasteiger partial charge in [0, 0.05) is 14.1 Å². The second-order valence-corrected chi connectivity index (χ2v) is 3.56. The molecule has 5 nitrogen and oxygen atoms in total. The number of esters is 1. The van der Waals surface area contributed by atoms with Crippen molar-refractivity contribution in [1.82, 2.24) is 4.90 Å². The molecular formula is C12H16N2O3. The number of aliphatic imine (C=N–C) groups is 1. The van der Waals surface area contributed by atoms with Crippen LogP contribution in [-0.4, -0.2) is 45.5 Å². The Morgan fingerprint density at radius 2 is 2.06 bits per heavy atom. The number of carbonyl (C=O) groups excluding carboxylic acids is 1. The Morgan fingerprint density at radius 3 is 2.59 bits per heavy atom. The first-order chi connectivity index (χ1) is 8.10. The fourth-order valence-corrected chi connectivity index (χ4v) is 1.27. The van der Waals surface area contributed by atoms with E-state index in [1.165, 1.54) is 14.2 Å². The van der Waals surface area contributed by atoms with Gasteiger partial charge in [0.15, 0.2) is 0 Å². The first-order valence-electron chi connectivity index (χ1n) is 5.06. The lowest BCUT2D eigenvalue weighted by atomic mass is 10.1. The quantitative estimate of drug-likeness (QED) is 0.453. The molecule has 92 valence electrons. The minimum Gasteiger partial charge on any atom is -0.494 e. The van der Waals surface area contributed by atoms with Gasteiger partial charge in [0.25, 0.3) is 0 Å². The van der Waals surface area contributed by atoms with Crippen molar-refractivity contribution < 1.29 is 14.3 Å². The SMILES string of the molecule is COC(=O)c1cccc(OC)c1N=CN(C)C. The molecule has 1 rings (SSSR count). The van der Waals surface area contributed by atoms with Gasteiger partial charge in [-0.25, -0.2) is 9.79 Å². The molecule has 17 heavy (non-hydrogen) atoms. The third kappa shape index (κ3) is 3.21. The normalized spacial score (nSPS) is 10.4. The molecule has 0 heterocycles. The first kappa shape index (κ1) is 13.0. The molecule has 1 aromatic rings. The fraction of sp³-hybridized carbons (Fsp3) is 0.333. The molecule has 0 spiro atoms. The largest absolute Gasteiger partial charge is 0.494 e. The zero-order valence-electron chi connectivity index (χ0n) is 10.4. The molecule has 5 heteroatoms. The van der Waals surface area contributed by atoms with Gasteiger partial charge >= 0.3 is 5.97 Å². The van der Waals surface area contributed by atoms with Crippen molar-refractivity contribution in [2.24, 2.45) is 4.99 Å². The minimum absolute atomic E-state index is 0.380. The van der Waals surface area contributed by atoms with Crippen molar-refractivity contribution in [3.63, 3.8) is 0 Å². The van der Waals surface area contributed by atoms with Gasteiger partial charge in [-0.05, 0) is 12.1 Å². The molecule has 0 saturated heterocycles. The van der Waals surface area contributed by atoms with E-state index in [0.29, 0.717) is 17.0 Å². The predicted octanol–water partition coefficient (Wildman–Crippen LogP) is 1.70. The van der Waals surface area contributed by atoms with Gasteiger partial charge in [0.05, 0.1) is 26.1 Å². The maximum atomic E-state index is 11.6. The number of ether oxygens (including phenoxy) is 2. The highest BCUT2D eigenvalue weighted by Crippen LogP contribution is 2.31. The second-order valence-electron chi connectivity index (χ2n) is 3.56. The molecule has 0 atom stereocenters. The molecule has 1 aromatic carbocycles. The van der Waals surface area contributed by atoms with E-state index in [2.05, 4.69) is 4.99 Å². The number of hydrogen-bond acceptors (Lipinski definition) is 4. The molecule has 0 bridgehead atoms. The lowest BCUT2D eigenvalue weighted by Crippen LogP contribution is -2.08. The Labute approximate surface area is 101 Å². The number of carbonyl (C=O) groups is 1. The smallest absolute Gasteiger partial charge is 0.340 e. The molecule has 0 N–H and O–H groups in total. The van der Waals surface area contributed by atoms with Crippen molar-refractivity contribution in [1.29, 1.82) is 0 Å². The molecule has 0 aromatic heterocycles. The molecule has 0 aliphatic heterocycles. The van der Waals surface area contributed by atoms with Gasteiger partial charge in [-0.3, -0.25) is 0 Å². The summed E-state index contributed by atoms with van der Waals surface area (Å²) >= 11 is 0. The fourth-order valence-electron chi connectivity index (χ4n) is 1.27. The van der Waals surface area contributed by atoms with Gasteiger partial charge in [-0.1, -0.05) is 6.07 Å². The zero-order valence-corrected chi connectivity index (χ0v) is 10.4. The van der Waals surface area contributed by atoms with Crippen LogP contribution in [0.2, 0.25) is 0 Å². The Morgan fingerprint density at radius 1 is 1.35 bits per heavy atom. The van der Waals surface area contributed by atoms with Gasteiger partial charge in [-0.2, -0.15) is 0 Å². The zero-order chi connectivity index (χ0) is 12.8. The summed E-state index contributed by atoms with van der Waals surface area (Å²) in [6, 6.07) is 5.12. The van der Waals surface area contributed by atoms with E-state index in [9.17, 15) is 4.79 Å². The van der Waals surface area contributed by atoms with Crippen molar-refractivity contribution in [3.8, 4) is 5.75 Å². The van der Waals surface area contributed by atoms with E-state index in [1.54, 1.807) is 29.4 Å².